The zero-order valence-corrected chi connectivity index (χ0v) is 20.7. The maximum absolute atomic E-state index is 2.51. The van der Waals surface area contributed by atoms with Gasteiger partial charge in [-0.3, -0.25) is 0 Å². The van der Waals surface area contributed by atoms with Gasteiger partial charge >= 0.3 is 0 Å². The van der Waals surface area contributed by atoms with Crippen molar-refractivity contribution < 1.29 is 8.97 Å². The molecule has 4 rings (SSSR count). The van der Waals surface area contributed by atoms with Gasteiger partial charge in [0, 0.05) is 38.3 Å². The number of quaternary nitrogens is 2. The largest absolute Gasteiger partial charge is 0.361 e. The molecule has 1 unspecified atom stereocenters. The molecule has 4 aliphatic heterocycles. The Morgan fingerprint density at radius 3 is 2.21 bits per heavy atom. The van der Waals surface area contributed by atoms with Crippen molar-refractivity contribution in [3.63, 3.8) is 0 Å². The molecule has 6 heteroatoms. The van der Waals surface area contributed by atoms with Crippen LogP contribution < -0.4 is 0 Å². The van der Waals surface area contributed by atoms with Gasteiger partial charge in [-0.1, -0.05) is 35.7 Å². The lowest BCUT2D eigenvalue weighted by atomic mass is 10.2. The normalized spacial score (nSPS) is 30.8. The van der Waals surface area contributed by atoms with Crippen LogP contribution in [-0.4, -0.2) is 92.6 Å². The van der Waals surface area contributed by atoms with Crippen LogP contribution in [0.25, 0.3) is 0 Å². The molecule has 0 saturated heterocycles. The van der Waals surface area contributed by atoms with Crippen LogP contribution in [0.3, 0.4) is 0 Å². The average molecular weight is 435 g/mol. The summed E-state index contributed by atoms with van der Waals surface area (Å²) in [5.41, 5.74) is 3.14. The fourth-order valence-corrected chi connectivity index (χ4v) is 7.89. The first-order valence-electron chi connectivity index (χ1n) is 10.9. The molecule has 29 heavy (non-hydrogen) atoms. The third-order valence-electron chi connectivity index (χ3n) is 6.69. The van der Waals surface area contributed by atoms with Gasteiger partial charge in [0.15, 0.2) is 0 Å². The van der Waals surface area contributed by atoms with Crippen LogP contribution in [0.5, 0.6) is 0 Å². The summed E-state index contributed by atoms with van der Waals surface area (Å²) in [7, 11) is 14.0. The standard InChI is InChI=1S/C23H38N4S2/c1-24-18-10-8-14-26(3,4)16-20(18)28-22(24)12-7-13-23-25(2)19-11-9-15-27(5,6)17-21(19)29-23/h7,12-13,22H,8-11,14-17H2,1-6H3/q+2. The van der Waals surface area contributed by atoms with E-state index in [2.05, 4.69) is 82.1 Å². The van der Waals surface area contributed by atoms with Gasteiger partial charge in [0.2, 0.25) is 0 Å². The van der Waals surface area contributed by atoms with Crippen molar-refractivity contribution in [1.82, 2.24) is 9.80 Å². The van der Waals surface area contributed by atoms with Gasteiger partial charge in [-0.2, -0.15) is 0 Å². The highest BCUT2D eigenvalue weighted by Gasteiger charge is 2.35. The highest BCUT2D eigenvalue weighted by molar-refractivity contribution is 8.07. The first-order chi connectivity index (χ1) is 13.7. The van der Waals surface area contributed by atoms with Gasteiger partial charge in [-0.25, -0.2) is 0 Å². The summed E-state index contributed by atoms with van der Waals surface area (Å²) in [6, 6.07) is 0. The Bertz CT molecular complexity index is 791. The van der Waals surface area contributed by atoms with E-state index in [4.69, 9.17) is 0 Å². The summed E-state index contributed by atoms with van der Waals surface area (Å²) in [5, 5.41) is 1.82. The fourth-order valence-electron chi connectivity index (χ4n) is 4.92. The maximum Gasteiger partial charge on any atom is 0.112 e. The van der Waals surface area contributed by atoms with Crippen molar-refractivity contribution >= 4 is 23.5 Å². The second-order valence-electron chi connectivity index (χ2n) is 10.3. The number of allylic oxidation sites excluding steroid dienone is 4. The first-order valence-corrected chi connectivity index (χ1v) is 12.6. The summed E-state index contributed by atoms with van der Waals surface area (Å²) in [6.07, 6.45) is 12.1. The van der Waals surface area contributed by atoms with E-state index in [-0.39, 0.29) is 0 Å². The van der Waals surface area contributed by atoms with Crippen LogP contribution in [0.1, 0.15) is 25.7 Å². The number of hydrogen-bond donors (Lipinski definition) is 0. The molecule has 0 aliphatic carbocycles. The molecule has 0 spiro atoms. The molecular weight excluding hydrogens is 396 g/mol. The summed E-state index contributed by atoms with van der Waals surface area (Å²) < 4.78 is 2.23. The molecule has 0 aromatic rings. The van der Waals surface area contributed by atoms with Gasteiger partial charge in [-0.05, 0) is 18.9 Å². The minimum Gasteiger partial charge on any atom is -0.361 e. The molecule has 4 heterocycles. The Labute approximate surface area is 186 Å². The minimum absolute atomic E-state index is 0.438. The summed E-state index contributed by atoms with van der Waals surface area (Å²) in [4.78, 5) is 8.14. The Morgan fingerprint density at radius 1 is 0.897 bits per heavy atom. The Kier molecular flexibility index (Phi) is 5.93. The molecule has 0 radical (unpaired) electrons. The molecular formula is C23H38N4S2+2. The molecule has 4 aliphatic rings. The van der Waals surface area contributed by atoms with E-state index >= 15 is 0 Å². The van der Waals surface area contributed by atoms with Crippen molar-refractivity contribution in [3.05, 3.63) is 44.5 Å². The van der Waals surface area contributed by atoms with Gasteiger partial charge in [0.05, 0.1) is 61.5 Å². The van der Waals surface area contributed by atoms with Crippen LogP contribution in [0.4, 0.5) is 0 Å². The third-order valence-corrected chi connectivity index (χ3v) is 9.28. The lowest BCUT2D eigenvalue weighted by molar-refractivity contribution is -0.884. The Morgan fingerprint density at radius 2 is 1.52 bits per heavy atom. The summed E-state index contributed by atoms with van der Waals surface area (Å²) in [5.74, 6) is 0. The average Bonchev–Trinajstić information content (AvgIpc) is 2.92. The Balaban J connectivity index is 1.42. The second-order valence-corrected chi connectivity index (χ2v) is 12.6. The van der Waals surface area contributed by atoms with E-state index in [1.807, 2.05) is 11.8 Å². The van der Waals surface area contributed by atoms with Crippen LogP contribution in [0.15, 0.2) is 44.5 Å². The lowest BCUT2D eigenvalue weighted by Crippen LogP contribution is -2.40. The Hall–Kier alpha value is -0.820. The van der Waals surface area contributed by atoms with Crippen molar-refractivity contribution in [1.29, 1.82) is 0 Å². The van der Waals surface area contributed by atoms with E-state index in [1.165, 1.54) is 50.3 Å². The van der Waals surface area contributed by atoms with Crippen LogP contribution in [-0.2, 0) is 0 Å². The number of rotatable bonds is 2. The van der Waals surface area contributed by atoms with Crippen molar-refractivity contribution in [2.24, 2.45) is 0 Å². The molecule has 1 atom stereocenters. The van der Waals surface area contributed by atoms with Crippen LogP contribution in [0.2, 0.25) is 0 Å². The fraction of sp³-hybridized carbons (Fsp3) is 0.652. The number of nitrogens with zero attached hydrogens (tertiary/aromatic N) is 4. The number of likely N-dealkylation sites (N-methyl/N-ethyl adjacent to an activating group) is 3. The molecule has 4 nitrogen and oxygen atoms in total. The summed E-state index contributed by atoms with van der Waals surface area (Å²) >= 11 is 4.06. The maximum atomic E-state index is 2.51. The number of hydrogen-bond acceptors (Lipinski definition) is 4. The van der Waals surface area contributed by atoms with E-state index < -0.39 is 0 Å². The molecule has 160 valence electrons. The van der Waals surface area contributed by atoms with Crippen LogP contribution >= 0.6 is 23.5 Å². The van der Waals surface area contributed by atoms with Gasteiger partial charge in [0.1, 0.15) is 13.1 Å². The lowest BCUT2D eigenvalue weighted by Gasteiger charge is -2.29. The summed E-state index contributed by atoms with van der Waals surface area (Å²) in [6.45, 7) is 4.90. The predicted molar refractivity (Wildman–Crippen MR) is 128 cm³/mol. The molecule has 0 fully saturated rings. The van der Waals surface area contributed by atoms with Gasteiger partial charge < -0.3 is 18.8 Å². The highest BCUT2D eigenvalue weighted by Crippen LogP contribution is 2.45. The van der Waals surface area contributed by atoms with E-state index in [0.29, 0.717) is 5.37 Å². The smallest absolute Gasteiger partial charge is 0.112 e. The van der Waals surface area contributed by atoms with Crippen molar-refractivity contribution in [2.75, 3.05) is 68.5 Å². The molecule has 0 bridgehead atoms. The monoisotopic (exact) mass is 434 g/mol. The van der Waals surface area contributed by atoms with Crippen LogP contribution in [0, 0.1) is 0 Å². The zero-order valence-electron chi connectivity index (χ0n) is 19.1. The van der Waals surface area contributed by atoms with E-state index in [1.54, 1.807) is 21.2 Å². The second kappa shape index (κ2) is 8.03. The third kappa shape index (κ3) is 4.60. The van der Waals surface area contributed by atoms with Crippen molar-refractivity contribution in [3.8, 4) is 0 Å². The predicted octanol–water partition coefficient (Wildman–Crippen LogP) is 4.23. The SMILES string of the molecule is CN1C(=CC=CC2SC3=C(CCC[N+](C)(C)C3)N2C)SC2=C1CCC[N+](C)(C)C2. The van der Waals surface area contributed by atoms with Crippen molar-refractivity contribution in [2.45, 2.75) is 31.1 Å². The molecule has 0 aromatic heterocycles. The zero-order chi connectivity index (χ0) is 20.8. The molecule has 0 N–H and O–H groups in total. The van der Waals surface area contributed by atoms with E-state index in [0.717, 1.165) is 15.5 Å². The molecule has 0 amide bonds. The first kappa shape index (κ1) is 21.4. The highest BCUT2D eigenvalue weighted by atomic mass is 32.2. The topological polar surface area (TPSA) is 6.48 Å². The molecule has 0 saturated carbocycles. The van der Waals surface area contributed by atoms with Gasteiger partial charge in [-0.15, -0.1) is 0 Å². The van der Waals surface area contributed by atoms with Gasteiger partial charge in [0.25, 0.3) is 0 Å². The van der Waals surface area contributed by atoms with E-state index in [9.17, 15) is 0 Å². The number of thioether (sulfide) groups is 2. The molecule has 0 aromatic carbocycles. The minimum atomic E-state index is 0.438. The quantitative estimate of drug-likeness (QED) is 0.600.